The first kappa shape index (κ1) is 13.5. The van der Waals surface area contributed by atoms with E-state index < -0.39 is 0 Å². The molecule has 0 saturated carbocycles. The molecule has 1 heterocycles. The minimum atomic E-state index is 0.150. The third-order valence-corrected chi connectivity index (χ3v) is 3.33. The topological polar surface area (TPSA) is 30.0 Å². The maximum Gasteiger partial charge on any atom is 0.167 e. The summed E-state index contributed by atoms with van der Waals surface area (Å²) in [6.45, 7) is 6.25. The Kier molecular flexibility index (Phi) is 4.10. The summed E-state index contributed by atoms with van der Waals surface area (Å²) in [6, 6.07) is 10.1. The zero-order chi connectivity index (χ0) is 13.8. The first-order valence-electron chi connectivity index (χ1n) is 6.60. The van der Waals surface area contributed by atoms with E-state index in [2.05, 4.69) is 31.0 Å². The average Bonchev–Trinajstić information content (AvgIpc) is 2.39. The van der Waals surface area contributed by atoms with Gasteiger partial charge in [0.1, 0.15) is 0 Å². The van der Waals surface area contributed by atoms with E-state index in [1.165, 1.54) is 5.56 Å². The number of nitrogens with zero attached hydrogens (tertiary/aromatic N) is 1. The van der Waals surface area contributed by atoms with Crippen LogP contribution in [0.15, 0.2) is 42.7 Å². The Hall–Kier alpha value is -1.96. The number of carbonyl (C=O) groups is 1. The summed E-state index contributed by atoms with van der Waals surface area (Å²) < 4.78 is 0. The summed E-state index contributed by atoms with van der Waals surface area (Å²) in [5.74, 6) is 0.671. The fourth-order valence-corrected chi connectivity index (χ4v) is 2.09. The van der Waals surface area contributed by atoms with Crippen molar-refractivity contribution in [3.8, 4) is 0 Å². The van der Waals surface area contributed by atoms with Crippen LogP contribution in [0, 0.1) is 6.92 Å². The summed E-state index contributed by atoms with van der Waals surface area (Å²) in [7, 11) is 0. The first-order valence-corrected chi connectivity index (χ1v) is 6.60. The number of hydrogen-bond donors (Lipinski definition) is 0. The van der Waals surface area contributed by atoms with E-state index in [-0.39, 0.29) is 5.78 Å². The van der Waals surface area contributed by atoms with Crippen molar-refractivity contribution >= 4 is 5.78 Å². The van der Waals surface area contributed by atoms with Crippen molar-refractivity contribution in [1.29, 1.82) is 0 Å². The molecule has 1 aromatic heterocycles. The van der Waals surface area contributed by atoms with Crippen LogP contribution >= 0.6 is 0 Å². The van der Waals surface area contributed by atoms with Gasteiger partial charge in [-0.2, -0.15) is 0 Å². The van der Waals surface area contributed by atoms with Crippen molar-refractivity contribution < 1.29 is 4.79 Å². The minimum absolute atomic E-state index is 0.150. The van der Waals surface area contributed by atoms with E-state index in [0.717, 1.165) is 16.7 Å². The predicted octanol–water partition coefficient (Wildman–Crippen LogP) is 3.94. The summed E-state index contributed by atoms with van der Waals surface area (Å²) in [6.07, 6.45) is 3.85. The average molecular weight is 253 g/mol. The van der Waals surface area contributed by atoms with Crippen LogP contribution in [-0.2, 0) is 6.42 Å². The second-order valence-corrected chi connectivity index (χ2v) is 5.19. The van der Waals surface area contributed by atoms with Gasteiger partial charge in [0.15, 0.2) is 5.78 Å². The normalized spacial score (nSPS) is 10.7. The summed E-state index contributed by atoms with van der Waals surface area (Å²) in [5, 5.41) is 0. The van der Waals surface area contributed by atoms with Crippen LogP contribution in [0.1, 0.15) is 46.8 Å². The molecule has 0 fully saturated rings. The van der Waals surface area contributed by atoms with Crippen molar-refractivity contribution in [2.75, 3.05) is 0 Å². The lowest BCUT2D eigenvalue weighted by molar-refractivity contribution is 0.0992. The lowest BCUT2D eigenvalue weighted by Gasteiger charge is -2.07. The van der Waals surface area contributed by atoms with E-state index in [4.69, 9.17) is 0 Å². The molecule has 0 aliphatic heterocycles. The highest BCUT2D eigenvalue weighted by molar-refractivity contribution is 5.98. The summed E-state index contributed by atoms with van der Waals surface area (Å²) in [5.41, 5.74) is 4.07. The maximum atomic E-state index is 12.2. The molecule has 0 radical (unpaired) electrons. The number of rotatable bonds is 4. The Bertz CT molecular complexity index is 570. The van der Waals surface area contributed by atoms with Gasteiger partial charge >= 0.3 is 0 Å². The SMILES string of the molecule is Cc1cnccc1C(=O)Cc1ccc(C(C)C)cc1. The molecule has 2 rings (SSSR count). The Morgan fingerprint density at radius 2 is 1.84 bits per heavy atom. The summed E-state index contributed by atoms with van der Waals surface area (Å²) >= 11 is 0. The van der Waals surface area contributed by atoms with Gasteiger partial charge in [0.05, 0.1) is 0 Å². The van der Waals surface area contributed by atoms with Gasteiger partial charge in [0.2, 0.25) is 0 Å². The van der Waals surface area contributed by atoms with Crippen molar-refractivity contribution in [2.45, 2.75) is 33.1 Å². The molecule has 98 valence electrons. The monoisotopic (exact) mass is 253 g/mol. The molecule has 0 aliphatic carbocycles. The number of carbonyl (C=O) groups excluding carboxylic acids is 1. The van der Waals surface area contributed by atoms with Crippen molar-refractivity contribution in [2.24, 2.45) is 0 Å². The number of ketones is 1. The third-order valence-electron chi connectivity index (χ3n) is 3.33. The Balaban J connectivity index is 2.13. The van der Waals surface area contributed by atoms with Crippen molar-refractivity contribution in [1.82, 2.24) is 4.98 Å². The van der Waals surface area contributed by atoms with Gasteiger partial charge in [0.25, 0.3) is 0 Å². The number of Topliss-reactive ketones (excluding diaryl/α,β-unsaturated/α-hetero) is 1. The van der Waals surface area contributed by atoms with Gasteiger partial charge in [-0.1, -0.05) is 38.1 Å². The van der Waals surface area contributed by atoms with E-state index >= 15 is 0 Å². The number of hydrogen-bond acceptors (Lipinski definition) is 2. The number of aromatic nitrogens is 1. The molecule has 0 unspecified atom stereocenters. The van der Waals surface area contributed by atoms with E-state index in [1.54, 1.807) is 18.5 Å². The molecule has 19 heavy (non-hydrogen) atoms. The zero-order valence-electron chi connectivity index (χ0n) is 11.7. The molecule has 2 aromatic rings. The molecule has 0 N–H and O–H groups in total. The maximum absolute atomic E-state index is 12.2. The van der Waals surface area contributed by atoms with Gasteiger partial charge < -0.3 is 0 Å². The van der Waals surface area contributed by atoms with Crippen LogP contribution in [-0.4, -0.2) is 10.8 Å². The molecule has 2 nitrogen and oxygen atoms in total. The van der Waals surface area contributed by atoms with E-state index in [9.17, 15) is 4.79 Å². The fourth-order valence-electron chi connectivity index (χ4n) is 2.09. The van der Waals surface area contributed by atoms with Crippen molar-refractivity contribution in [3.05, 3.63) is 65.0 Å². The van der Waals surface area contributed by atoms with Gasteiger partial charge in [-0.25, -0.2) is 0 Å². The second kappa shape index (κ2) is 5.79. The van der Waals surface area contributed by atoms with Gasteiger partial charge in [-0.15, -0.1) is 0 Å². The Morgan fingerprint density at radius 1 is 1.16 bits per heavy atom. The molecule has 0 saturated heterocycles. The van der Waals surface area contributed by atoms with Gasteiger partial charge in [0, 0.05) is 24.4 Å². The highest BCUT2D eigenvalue weighted by Crippen LogP contribution is 2.16. The van der Waals surface area contributed by atoms with E-state index in [0.29, 0.717) is 12.3 Å². The van der Waals surface area contributed by atoms with Crippen LogP contribution in [0.4, 0.5) is 0 Å². The molecule has 0 amide bonds. The first-order chi connectivity index (χ1) is 9.08. The van der Waals surface area contributed by atoms with Gasteiger partial charge in [-0.05, 0) is 35.6 Å². The number of pyridine rings is 1. The van der Waals surface area contributed by atoms with Gasteiger partial charge in [-0.3, -0.25) is 9.78 Å². The molecule has 0 bridgehead atoms. The Labute approximate surface area is 114 Å². The Morgan fingerprint density at radius 3 is 2.42 bits per heavy atom. The quantitative estimate of drug-likeness (QED) is 0.772. The molecule has 0 aliphatic rings. The zero-order valence-corrected chi connectivity index (χ0v) is 11.7. The fraction of sp³-hybridized carbons (Fsp3) is 0.294. The minimum Gasteiger partial charge on any atom is -0.294 e. The molecular weight excluding hydrogens is 234 g/mol. The molecule has 0 atom stereocenters. The number of aryl methyl sites for hydroxylation is 1. The third kappa shape index (κ3) is 3.28. The van der Waals surface area contributed by atoms with Crippen LogP contribution < -0.4 is 0 Å². The molecule has 2 heteroatoms. The van der Waals surface area contributed by atoms with Crippen LogP contribution in [0.5, 0.6) is 0 Å². The largest absolute Gasteiger partial charge is 0.294 e. The second-order valence-electron chi connectivity index (χ2n) is 5.19. The smallest absolute Gasteiger partial charge is 0.167 e. The lowest BCUT2D eigenvalue weighted by atomic mass is 9.97. The molecule has 0 spiro atoms. The highest BCUT2D eigenvalue weighted by atomic mass is 16.1. The van der Waals surface area contributed by atoms with Crippen LogP contribution in [0.25, 0.3) is 0 Å². The molecule has 1 aromatic carbocycles. The number of benzene rings is 1. The van der Waals surface area contributed by atoms with Crippen LogP contribution in [0.2, 0.25) is 0 Å². The standard InChI is InChI=1S/C17H19NO/c1-12(2)15-6-4-14(5-7-15)10-17(19)16-8-9-18-11-13(16)3/h4-9,11-12H,10H2,1-3H3. The predicted molar refractivity (Wildman–Crippen MR) is 77.5 cm³/mol. The van der Waals surface area contributed by atoms with Crippen molar-refractivity contribution in [3.63, 3.8) is 0 Å². The summed E-state index contributed by atoms with van der Waals surface area (Å²) in [4.78, 5) is 16.2. The van der Waals surface area contributed by atoms with E-state index in [1.807, 2.05) is 19.1 Å². The van der Waals surface area contributed by atoms with Crippen LogP contribution in [0.3, 0.4) is 0 Å². The highest BCUT2D eigenvalue weighted by Gasteiger charge is 2.09. The lowest BCUT2D eigenvalue weighted by Crippen LogP contribution is -2.06. The molecular formula is C17H19NO.